The molecular formula is C21H31N3O2. The van der Waals surface area contributed by atoms with E-state index in [-0.39, 0.29) is 11.8 Å². The Balaban J connectivity index is 1.95. The Kier molecular flexibility index (Phi) is 8.32. The summed E-state index contributed by atoms with van der Waals surface area (Å²) in [6.07, 6.45) is 9.81. The second-order valence-electron chi connectivity index (χ2n) is 6.81. The molecule has 0 bridgehead atoms. The zero-order valence-electron chi connectivity index (χ0n) is 16.1. The van der Waals surface area contributed by atoms with Crippen LogP contribution in [0.1, 0.15) is 79.8 Å². The van der Waals surface area contributed by atoms with E-state index in [0.717, 1.165) is 32.1 Å². The van der Waals surface area contributed by atoms with Crippen molar-refractivity contribution in [3.05, 3.63) is 41.2 Å². The molecule has 0 atom stereocenters. The average molecular weight is 357 g/mol. The first kappa shape index (κ1) is 20.1. The summed E-state index contributed by atoms with van der Waals surface area (Å²) in [7, 11) is 0. The third-order valence-corrected chi connectivity index (χ3v) is 4.59. The molecule has 5 nitrogen and oxygen atoms in total. The van der Waals surface area contributed by atoms with Crippen molar-refractivity contribution in [2.45, 2.75) is 58.8 Å². The fourth-order valence-corrected chi connectivity index (χ4v) is 3.26. The van der Waals surface area contributed by atoms with Gasteiger partial charge in [-0.3, -0.25) is 9.59 Å². The summed E-state index contributed by atoms with van der Waals surface area (Å²) >= 11 is 0. The summed E-state index contributed by atoms with van der Waals surface area (Å²) in [5.41, 5.74) is 2.08. The van der Waals surface area contributed by atoms with Gasteiger partial charge in [0.1, 0.15) is 11.4 Å². The van der Waals surface area contributed by atoms with Gasteiger partial charge in [0.2, 0.25) is 0 Å². The van der Waals surface area contributed by atoms with E-state index in [0.29, 0.717) is 31.0 Å². The highest BCUT2D eigenvalue weighted by molar-refractivity contribution is 5.96. The van der Waals surface area contributed by atoms with Gasteiger partial charge in [-0.2, -0.15) is 0 Å². The SMILES string of the molecule is CCCN(CCC)C(=O)c1cccc(C(=O)NCCC2=CCCCC2)n1. The number of carbonyl (C=O) groups excluding carboxylic acids is 2. The van der Waals surface area contributed by atoms with E-state index >= 15 is 0 Å². The van der Waals surface area contributed by atoms with Crippen LogP contribution in [-0.4, -0.2) is 41.3 Å². The first-order chi connectivity index (χ1) is 12.7. The summed E-state index contributed by atoms with van der Waals surface area (Å²) in [6, 6.07) is 5.08. The molecular weight excluding hydrogens is 326 g/mol. The van der Waals surface area contributed by atoms with Gasteiger partial charge in [-0.05, 0) is 57.1 Å². The van der Waals surface area contributed by atoms with Crippen LogP contribution in [0.5, 0.6) is 0 Å². The second-order valence-corrected chi connectivity index (χ2v) is 6.81. The van der Waals surface area contributed by atoms with Gasteiger partial charge >= 0.3 is 0 Å². The molecule has 1 aromatic heterocycles. The molecule has 0 spiro atoms. The quantitative estimate of drug-likeness (QED) is 0.680. The van der Waals surface area contributed by atoms with Crippen molar-refractivity contribution in [2.24, 2.45) is 0 Å². The Hall–Kier alpha value is -2.17. The fourth-order valence-electron chi connectivity index (χ4n) is 3.26. The Bertz CT molecular complexity index is 634. The molecule has 0 fully saturated rings. The summed E-state index contributed by atoms with van der Waals surface area (Å²) < 4.78 is 0. The van der Waals surface area contributed by atoms with E-state index in [1.54, 1.807) is 23.1 Å². The number of nitrogens with zero attached hydrogens (tertiary/aromatic N) is 2. The van der Waals surface area contributed by atoms with E-state index in [2.05, 4.69) is 30.2 Å². The van der Waals surface area contributed by atoms with E-state index in [1.807, 2.05) is 0 Å². The minimum absolute atomic E-state index is 0.101. The predicted molar refractivity (Wildman–Crippen MR) is 104 cm³/mol. The van der Waals surface area contributed by atoms with Crippen LogP contribution in [0.2, 0.25) is 0 Å². The number of aromatic nitrogens is 1. The maximum Gasteiger partial charge on any atom is 0.272 e. The number of rotatable bonds is 9. The van der Waals surface area contributed by atoms with Gasteiger partial charge in [-0.1, -0.05) is 31.6 Å². The number of hydrogen-bond acceptors (Lipinski definition) is 3. The first-order valence-electron chi connectivity index (χ1n) is 9.88. The van der Waals surface area contributed by atoms with E-state index < -0.39 is 0 Å². The average Bonchev–Trinajstić information content (AvgIpc) is 2.68. The summed E-state index contributed by atoms with van der Waals surface area (Å²) in [5, 5.41) is 2.92. The highest BCUT2D eigenvalue weighted by Crippen LogP contribution is 2.19. The Labute approximate surface area is 156 Å². The van der Waals surface area contributed by atoms with E-state index in [4.69, 9.17) is 0 Å². The molecule has 1 heterocycles. The van der Waals surface area contributed by atoms with Gasteiger partial charge in [-0.25, -0.2) is 4.98 Å². The minimum Gasteiger partial charge on any atom is -0.350 e. The van der Waals surface area contributed by atoms with Crippen LogP contribution in [0.4, 0.5) is 0 Å². The standard InChI is InChI=1S/C21H31N3O2/c1-3-15-24(16-4-2)21(26)19-12-8-11-18(23-19)20(25)22-14-13-17-9-6-5-7-10-17/h8-9,11-12H,3-7,10,13-16H2,1-2H3,(H,22,25). The van der Waals surface area contributed by atoms with E-state index in [1.165, 1.54) is 18.4 Å². The highest BCUT2D eigenvalue weighted by atomic mass is 16.2. The zero-order chi connectivity index (χ0) is 18.8. The second kappa shape index (κ2) is 10.7. The maximum atomic E-state index is 12.6. The Morgan fingerprint density at radius 3 is 2.50 bits per heavy atom. The lowest BCUT2D eigenvalue weighted by Crippen LogP contribution is -2.33. The molecule has 1 aliphatic carbocycles. The number of amides is 2. The first-order valence-corrected chi connectivity index (χ1v) is 9.88. The van der Waals surface area contributed by atoms with Crippen LogP contribution in [0.3, 0.4) is 0 Å². The van der Waals surface area contributed by atoms with E-state index in [9.17, 15) is 9.59 Å². The molecule has 1 aromatic rings. The summed E-state index contributed by atoms with van der Waals surface area (Å²) in [5.74, 6) is -0.315. The Morgan fingerprint density at radius 2 is 1.85 bits per heavy atom. The smallest absolute Gasteiger partial charge is 0.272 e. The van der Waals surface area contributed by atoms with Gasteiger partial charge in [0.15, 0.2) is 0 Å². The predicted octanol–water partition coefficient (Wildman–Crippen LogP) is 3.96. The van der Waals surface area contributed by atoms with Crippen molar-refractivity contribution in [2.75, 3.05) is 19.6 Å². The van der Waals surface area contributed by atoms with Crippen molar-refractivity contribution in [3.63, 3.8) is 0 Å². The van der Waals surface area contributed by atoms with Crippen molar-refractivity contribution >= 4 is 11.8 Å². The van der Waals surface area contributed by atoms with Gasteiger partial charge in [0, 0.05) is 19.6 Å². The lowest BCUT2D eigenvalue weighted by atomic mass is 9.97. The molecule has 5 heteroatoms. The molecule has 0 aliphatic heterocycles. The van der Waals surface area contributed by atoms with Gasteiger partial charge in [0.05, 0.1) is 0 Å². The lowest BCUT2D eigenvalue weighted by molar-refractivity contribution is 0.0749. The number of hydrogen-bond donors (Lipinski definition) is 1. The number of allylic oxidation sites excluding steroid dienone is 1. The molecule has 26 heavy (non-hydrogen) atoms. The van der Waals surface area contributed by atoms with Crippen LogP contribution < -0.4 is 5.32 Å². The molecule has 0 saturated carbocycles. The number of nitrogens with one attached hydrogen (secondary N) is 1. The molecule has 1 aliphatic rings. The van der Waals surface area contributed by atoms with Crippen LogP contribution in [0, 0.1) is 0 Å². The molecule has 0 radical (unpaired) electrons. The van der Waals surface area contributed by atoms with Crippen LogP contribution >= 0.6 is 0 Å². The monoisotopic (exact) mass is 357 g/mol. The zero-order valence-corrected chi connectivity index (χ0v) is 16.1. The Morgan fingerprint density at radius 1 is 1.12 bits per heavy atom. The van der Waals surface area contributed by atoms with Crippen molar-refractivity contribution in [3.8, 4) is 0 Å². The summed E-state index contributed by atoms with van der Waals surface area (Å²) in [4.78, 5) is 31.1. The topological polar surface area (TPSA) is 62.3 Å². The van der Waals surface area contributed by atoms with Crippen LogP contribution in [0.15, 0.2) is 29.8 Å². The molecule has 0 aromatic carbocycles. The number of pyridine rings is 1. The van der Waals surface area contributed by atoms with Gasteiger partial charge in [0.25, 0.3) is 11.8 Å². The highest BCUT2D eigenvalue weighted by Gasteiger charge is 2.17. The lowest BCUT2D eigenvalue weighted by Gasteiger charge is -2.21. The maximum absolute atomic E-state index is 12.6. The van der Waals surface area contributed by atoms with Crippen LogP contribution in [-0.2, 0) is 0 Å². The molecule has 142 valence electrons. The molecule has 0 saturated heterocycles. The fraction of sp³-hybridized carbons (Fsp3) is 0.571. The van der Waals surface area contributed by atoms with Crippen molar-refractivity contribution < 1.29 is 9.59 Å². The number of carbonyl (C=O) groups is 2. The molecule has 1 N–H and O–H groups in total. The third kappa shape index (κ3) is 5.97. The minimum atomic E-state index is -0.214. The molecule has 2 rings (SSSR count). The van der Waals surface area contributed by atoms with Crippen molar-refractivity contribution in [1.29, 1.82) is 0 Å². The van der Waals surface area contributed by atoms with Gasteiger partial charge in [-0.15, -0.1) is 0 Å². The van der Waals surface area contributed by atoms with Gasteiger partial charge < -0.3 is 10.2 Å². The third-order valence-electron chi connectivity index (χ3n) is 4.59. The largest absolute Gasteiger partial charge is 0.350 e. The van der Waals surface area contributed by atoms with Crippen LogP contribution in [0.25, 0.3) is 0 Å². The molecule has 0 unspecified atom stereocenters. The molecule has 2 amide bonds. The van der Waals surface area contributed by atoms with Crippen molar-refractivity contribution in [1.82, 2.24) is 15.2 Å². The summed E-state index contributed by atoms with van der Waals surface area (Å²) in [6.45, 7) is 6.13. The normalized spacial score (nSPS) is 13.8.